The Bertz CT molecular complexity index is 535. The molecule has 0 aromatic heterocycles. The SMILES string of the molecule is C#N.NC1CC2CC3(O)CC(CC(=O)N4CCC5CC54)C23C1. The molecule has 0 aromatic carbocycles. The molecule has 0 bridgehead atoms. The molecule has 5 heteroatoms. The van der Waals surface area contributed by atoms with Crippen LogP contribution >= 0.6 is 0 Å². The Morgan fingerprint density at radius 2 is 2.09 bits per heavy atom. The molecule has 0 aromatic rings. The molecule has 1 amide bonds. The fourth-order valence-corrected chi connectivity index (χ4v) is 6.46. The van der Waals surface area contributed by atoms with E-state index < -0.39 is 5.60 Å². The van der Waals surface area contributed by atoms with Gasteiger partial charge in [0, 0.05) is 37.0 Å². The van der Waals surface area contributed by atoms with Gasteiger partial charge in [-0.05, 0) is 56.3 Å². The molecule has 5 fully saturated rings. The van der Waals surface area contributed by atoms with Crippen molar-refractivity contribution in [3.63, 3.8) is 0 Å². The molecule has 1 heterocycles. The Balaban J connectivity index is 0.000000602. The first-order valence-corrected chi connectivity index (χ1v) is 8.57. The summed E-state index contributed by atoms with van der Waals surface area (Å²) in [4.78, 5) is 14.7. The third kappa shape index (κ3) is 1.58. The number of aliphatic hydroxyl groups is 1. The molecule has 7 atom stereocenters. The normalized spacial score (nSPS) is 53.1. The van der Waals surface area contributed by atoms with E-state index >= 15 is 0 Å². The number of fused-ring (bicyclic) bond motifs is 1. The van der Waals surface area contributed by atoms with Crippen LogP contribution in [-0.2, 0) is 4.79 Å². The molecule has 5 aliphatic rings. The van der Waals surface area contributed by atoms with Crippen LogP contribution in [0.15, 0.2) is 0 Å². The standard InChI is InChI=1S/C16H24N2O2.CHN/c17-12-4-10-6-15(20)7-11(16(10,15)8-12)5-14(19)18-2-1-9-3-13(9)18;1-2/h9-13,20H,1-8,17H2;1H. The highest BCUT2D eigenvalue weighted by atomic mass is 16.3. The van der Waals surface area contributed by atoms with Crippen molar-refractivity contribution in [2.45, 2.75) is 62.6 Å². The lowest BCUT2D eigenvalue weighted by atomic mass is 9.35. The van der Waals surface area contributed by atoms with Crippen molar-refractivity contribution in [2.24, 2.45) is 28.9 Å². The van der Waals surface area contributed by atoms with E-state index in [1.54, 1.807) is 0 Å². The number of carbonyl (C=O) groups excluding carboxylic acids is 1. The summed E-state index contributed by atoms with van der Waals surface area (Å²) in [6.07, 6.45) is 6.88. The van der Waals surface area contributed by atoms with Gasteiger partial charge in [-0.15, -0.1) is 0 Å². The quantitative estimate of drug-likeness (QED) is 0.797. The minimum atomic E-state index is -0.468. The number of piperidine rings is 1. The van der Waals surface area contributed by atoms with Crippen molar-refractivity contribution in [3.05, 3.63) is 0 Å². The summed E-state index contributed by atoms with van der Waals surface area (Å²) in [7, 11) is 0. The molecule has 22 heavy (non-hydrogen) atoms. The van der Waals surface area contributed by atoms with E-state index in [4.69, 9.17) is 11.0 Å². The Morgan fingerprint density at radius 3 is 2.64 bits per heavy atom. The van der Waals surface area contributed by atoms with Crippen LogP contribution in [0.3, 0.4) is 0 Å². The third-order valence-electron chi connectivity index (χ3n) is 7.45. The summed E-state index contributed by atoms with van der Waals surface area (Å²) in [5.74, 6) is 2.14. The van der Waals surface area contributed by atoms with E-state index in [9.17, 15) is 9.90 Å². The zero-order valence-corrected chi connectivity index (χ0v) is 12.9. The Morgan fingerprint density at radius 1 is 1.32 bits per heavy atom. The predicted molar refractivity (Wildman–Crippen MR) is 80.3 cm³/mol. The molecular weight excluding hydrogens is 278 g/mol. The zero-order valence-electron chi connectivity index (χ0n) is 12.9. The fraction of sp³-hybridized carbons (Fsp3) is 0.882. The van der Waals surface area contributed by atoms with Crippen molar-refractivity contribution < 1.29 is 9.90 Å². The number of carbonyl (C=O) groups is 1. The van der Waals surface area contributed by atoms with E-state index in [0.29, 0.717) is 30.2 Å². The second-order valence-corrected chi connectivity index (χ2v) is 8.22. The van der Waals surface area contributed by atoms with Gasteiger partial charge >= 0.3 is 0 Å². The topological polar surface area (TPSA) is 90.4 Å². The molecule has 7 unspecified atom stereocenters. The van der Waals surface area contributed by atoms with Crippen molar-refractivity contribution in [1.29, 1.82) is 5.26 Å². The second-order valence-electron chi connectivity index (χ2n) is 8.22. The van der Waals surface area contributed by atoms with E-state index in [1.165, 1.54) is 12.8 Å². The van der Waals surface area contributed by atoms with Gasteiger partial charge < -0.3 is 15.7 Å². The lowest BCUT2D eigenvalue weighted by Crippen LogP contribution is -2.74. The Labute approximate surface area is 131 Å². The van der Waals surface area contributed by atoms with Gasteiger partial charge in [-0.25, -0.2) is 5.26 Å². The summed E-state index contributed by atoms with van der Waals surface area (Å²) in [6.45, 7) is 4.47. The van der Waals surface area contributed by atoms with Crippen LogP contribution in [0.25, 0.3) is 0 Å². The average Bonchev–Trinajstić information content (AvgIpc) is 3.02. The van der Waals surface area contributed by atoms with Crippen LogP contribution in [0.5, 0.6) is 0 Å². The molecule has 120 valence electrons. The van der Waals surface area contributed by atoms with Gasteiger partial charge in [-0.1, -0.05) is 0 Å². The highest BCUT2D eigenvalue weighted by molar-refractivity contribution is 5.78. The van der Waals surface area contributed by atoms with Crippen molar-refractivity contribution in [3.8, 4) is 6.57 Å². The first-order valence-electron chi connectivity index (χ1n) is 8.57. The highest BCUT2D eigenvalue weighted by Crippen LogP contribution is 2.76. The van der Waals surface area contributed by atoms with Crippen molar-refractivity contribution in [1.82, 2.24) is 4.90 Å². The zero-order chi connectivity index (χ0) is 15.7. The second kappa shape index (κ2) is 4.46. The number of hydrogen-bond donors (Lipinski definition) is 2. The van der Waals surface area contributed by atoms with Gasteiger partial charge in [0.2, 0.25) is 5.91 Å². The van der Waals surface area contributed by atoms with Gasteiger partial charge in [0.15, 0.2) is 0 Å². The van der Waals surface area contributed by atoms with Gasteiger partial charge in [-0.2, -0.15) is 0 Å². The van der Waals surface area contributed by atoms with Crippen LogP contribution < -0.4 is 5.73 Å². The lowest BCUT2D eigenvalue weighted by Gasteiger charge is -2.72. The molecular formula is C17H25N3O2. The van der Waals surface area contributed by atoms with Crippen LogP contribution in [0.1, 0.15) is 44.9 Å². The van der Waals surface area contributed by atoms with E-state index in [1.807, 2.05) is 0 Å². The first kappa shape index (κ1) is 14.5. The first-order chi connectivity index (χ1) is 10.5. The summed E-state index contributed by atoms with van der Waals surface area (Å²) in [6, 6.07) is 0.813. The summed E-state index contributed by atoms with van der Waals surface area (Å²) < 4.78 is 0. The smallest absolute Gasteiger partial charge is 0.223 e. The number of nitrogens with zero attached hydrogens (tertiary/aromatic N) is 2. The summed E-state index contributed by atoms with van der Waals surface area (Å²) in [5.41, 5.74) is 5.68. The maximum atomic E-state index is 12.5. The summed E-state index contributed by atoms with van der Waals surface area (Å²) in [5, 5.41) is 17.2. The van der Waals surface area contributed by atoms with E-state index in [0.717, 1.165) is 38.1 Å². The van der Waals surface area contributed by atoms with E-state index in [2.05, 4.69) is 11.5 Å². The molecule has 5 nitrogen and oxygen atoms in total. The minimum Gasteiger partial charge on any atom is -0.389 e. The monoisotopic (exact) mass is 303 g/mol. The number of nitriles is 1. The summed E-state index contributed by atoms with van der Waals surface area (Å²) >= 11 is 0. The molecule has 3 N–H and O–H groups in total. The van der Waals surface area contributed by atoms with Crippen molar-refractivity contribution >= 4 is 5.91 Å². The number of likely N-dealkylation sites (tertiary alicyclic amines) is 1. The van der Waals surface area contributed by atoms with Crippen LogP contribution in [0.2, 0.25) is 0 Å². The predicted octanol–water partition coefficient (Wildman–Crippen LogP) is 1.02. The molecule has 1 aliphatic heterocycles. The molecule has 1 saturated heterocycles. The molecule has 4 aliphatic carbocycles. The maximum Gasteiger partial charge on any atom is 0.223 e. The van der Waals surface area contributed by atoms with Crippen molar-refractivity contribution in [2.75, 3.05) is 6.54 Å². The third-order valence-corrected chi connectivity index (χ3v) is 7.45. The van der Waals surface area contributed by atoms with Gasteiger partial charge in [-0.3, -0.25) is 4.79 Å². The highest BCUT2D eigenvalue weighted by Gasteiger charge is 2.77. The Kier molecular flexibility index (Phi) is 2.93. The number of rotatable bonds is 2. The fourth-order valence-electron chi connectivity index (χ4n) is 6.46. The van der Waals surface area contributed by atoms with Gasteiger partial charge in [0.05, 0.1) is 5.60 Å². The largest absolute Gasteiger partial charge is 0.389 e. The van der Waals surface area contributed by atoms with Crippen LogP contribution in [-0.4, -0.2) is 40.1 Å². The lowest BCUT2D eigenvalue weighted by molar-refractivity contribution is -0.309. The van der Waals surface area contributed by atoms with E-state index in [-0.39, 0.29) is 11.5 Å². The number of amides is 1. The molecule has 0 radical (unpaired) electrons. The molecule has 4 saturated carbocycles. The number of hydrogen-bond acceptors (Lipinski definition) is 4. The van der Waals surface area contributed by atoms with Gasteiger partial charge in [0.25, 0.3) is 0 Å². The number of nitrogens with two attached hydrogens (primary N) is 1. The van der Waals surface area contributed by atoms with Crippen LogP contribution in [0.4, 0.5) is 0 Å². The minimum absolute atomic E-state index is 0.0186. The Hall–Kier alpha value is -1.12. The molecule has 5 rings (SSSR count). The van der Waals surface area contributed by atoms with Crippen LogP contribution in [0, 0.1) is 35.0 Å². The average molecular weight is 303 g/mol. The van der Waals surface area contributed by atoms with Gasteiger partial charge in [0.1, 0.15) is 0 Å². The molecule has 1 spiro atoms. The maximum absolute atomic E-state index is 12.5.